The molecule has 0 saturated carbocycles. The highest BCUT2D eigenvalue weighted by Crippen LogP contribution is 2.35. The molecule has 0 saturated heterocycles. The van der Waals surface area contributed by atoms with Crippen molar-refractivity contribution < 1.29 is 27.4 Å². The number of hydrogen-bond acceptors (Lipinski definition) is 3. The van der Waals surface area contributed by atoms with Gasteiger partial charge in [0.15, 0.2) is 0 Å². The summed E-state index contributed by atoms with van der Waals surface area (Å²) in [6.07, 6.45) is -4.46. The van der Waals surface area contributed by atoms with Crippen LogP contribution < -0.4 is 9.47 Å². The molecule has 1 aliphatic heterocycles. The number of amides is 1. The number of fused-ring (bicyclic) bond motifs is 1. The second-order valence-corrected chi connectivity index (χ2v) is 5.09. The van der Waals surface area contributed by atoms with Crippen LogP contribution in [0.3, 0.4) is 0 Å². The summed E-state index contributed by atoms with van der Waals surface area (Å²) < 4.78 is 48.5. The number of carbonyl (C=O) groups excluding carboxylic acids is 1. The molecule has 2 rings (SSSR count). The first-order chi connectivity index (χ1) is 9.31. The lowest BCUT2D eigenvalue weighted by atomic mass is 10.1. The number of hydrogen-bond donors (Lipinski definition) is 0. The van der Waals surface area contributed by atoms with Gasteiger partial charge in [-0.15, -0.1) is 0 Å². The lowest BCUT2D eigenvalue weighted by Gasteiger charge is -2.21. The van der Waals surface area contributed by atoms with Crippen LogP contribution in [-0.4, -0.2) is 43.8 Å². The Morgan fingerprint density at radius 2 is 2.15 bits per heavy atom. The van der Waals surface area contributed by atoms with Crippen LogP contribution in [0.1, 0.15) is 10.4 Å². The molecule has 1 aliphatic rings. The highest BCUT2D eigenvalue weighted by molar-refractivity contribution is 9.10. The highest BCUT2D eigenvalue weighted by atomic mass is 79.9. The van der Waals surface area contributed by atoms with Gasteiger partial charge in [0.1, 0.15) is 30.2 Å². The summed E-state index contributed by atoms with van der Waals surface area (Å²) in [5, 5.41) is 0. The molecule has 0 unspecified atom stereocenters. The third-order valence-corrected chi connectivity index (χ3v) is 3.20. The Hall–Kier alpha value is -1.44. The van der Waals surface area contributed by atoms with Crippen LogP contribution in [0.4, 0.5) is 13.2 Å². The van der Waals surface area contributed by atoms with E-state index in [0.717, 1.165) is 0 Å². The summed E-state index contributed by atoms with van der Waals surface area (Å²) in [7, 11) is 1.34. The summed E-state index contributed by atoms with van der Waals surface area (Å²) in [6.45, 7) is -1.45. The van der Waals surface area contributed by atoms with Gasteiger partial charge in [-0.05, 0) is 12.1 Å². The van der Waals surface area contributed by atoms with E-state index in [1.54, 1.807) is 0 Å². The second kappa shape index (κ2) is 5.51. The van der Waals surface area contributed by atoms with Crippen LogP contribution in [0.15, 0.2) is 16.6 Å². The summed E-state index contributed by atoms with van der Waals surface area (Å²) >= 11 is 3.23. The van der Waals surface area contributed by atoms with E-state index in [1.807, 2.05) is 0 Å². The number of nitrogens with zero attached hydrogens (tertiary/aromatic N) is 1. The van der Waals surface area contributed by atoms with Crippen molar-refractivity contribution in [3.05, 3.63) is 22.2 Å². The number of alkyl halides is 3. The molecule has 0 aliphatic carbocycles. The molecule has 0 radical (unpaired) electrons. The average Bonchev–Trinajstić information content (AvgIpc) is 2.47. The molecule has 20 heavy (non-hydrogen) atoms. The van der Waals surface area contributed by atoms with Crippen molar-refractivity contribution in [2.45, 2.75) is 6.18 Å². The molecule has 0 fully saturated rings. The zero-order valence-corrected chi connectivity index (χ0v) is 12.0. The molecule has 110 valence electrons. The van der Waals surface area contributed by atoms with Gasteiger partial charge in [-0.1, -0.05) is 15.9 Å². The Balaban J connectivity index is 2.43. The zero-order chi connectivity index (χ0) is 14.9. The predicted molar refractivity (Wildman–Crippen MR) is 68.1 cm³/mol. The molecule has 1 aromatic carbocycles. The molecule has 4 nitrogen and oxygen atoms in total. The first-order valence-corrected chi connectivity index (χ1v) is 6.47. The minimum atomic E-state index is -4.46. The smallest absolute Gasteiger partial charge is 0.406 e. The maximum atomic E-state index is 12.5. The number of rotatable bonds is 2. The first-order valence-electron chi connectivity index (χ1n) is 5.68. The third kappa shape index (κ3) is 3.17. The summed E-state index contributed by atoms with van der Waals surface area (Å²) in [5.74, 6) is -0.362. The van der Waals surface area contributed by atoms with Crippen LogP contribution in [0.25, 0.3) is 0 Å². The van der Waals surface area contributed by atoms with Crippen LogP contribution in [0.2, 0.25) is 0 Å². The topological polar surface area (TPSA) is 38.8 Å². The molecule has 1 amide bonds. The summed E-state index contributed by atoms with van der Waals surface area (Å²) in [6, 6.07) is 3.05. The molecule has 0 atom stereocenters. The molecule has 1 aromatic rings. The van der Waals surface area contributed by atoms with Crippen molar-refractivity contribution >= 4 is 21.8 Å². The normalized spacial score (nSPS) is 15.4. The van der Waals surface area contributed by atoms with E-state index >= 15 is 0 Å². The van der Waals surface area contributed by atoms with Gasteiger partial charge in [0.2, 0.25) is 0 Å². The number of halogens is 4. The number of ether oxygens (including phenoxy) is 2. The fraction of sp³-hybridized carbons (Fsp3) is 0.417. The Morgan fingerprint density at radius 3 is 2.75 bits per heavy atom. The van der Waals surface area contributed by atoms with Gasteiger partial charge < -0.3 is 14.4 Å². The molecular weight excluding hydrogens is 343 g/mol. The first kappa shape index (κ1) is 15.0. The van der Waals surface area contributed by atoms with Gasteiger partial charge in [-0.25, -0.2) is 0 Å². The van der Waals surface area contributed by atoms with Gasteiger partial charge in [0.25, 0.3) is 5.91 Å². The minimum absolute atomic E-state index is 0.00553. The Bertz CT molecular complexity index is 533. The van der Waals surface area contributed by atoms with E-state index in [-0.39, 0.29) is 30.2 Å². The zero-order valence-electron chi connectivity index (χ0n) is 10.5. The van der Waals surface area contributed by atoms with Crippen molar-refractivity contribution in [3.63, 3.8) is 0 Å². The molecule has 0 N–H and O–H groups in total. The predicted octanol–water partition coefficient (Wildman–Crippen LogP) is 2.85. The molecular formula is C12H11BrF3NO3. The van der Waals surface area contributed by atoms with E-state index < -0.39 is 18.6 Å². The lowest BCUT2D eigenvalue weighted by molar-refractivity contribution is -0.140. The average molecular weight is 354 g/mol. The second-order valence-electron chi connectivity index (χ2n) is 4.17. The Kier molecular flexibility index (Phi) is 4.12. The molecule has 1 heterocycles. The fourth-order valence-electron chi connectivity index (χ4n) is 1.94. The summed E-state index contributed by atoms with van der Waals surface area (Å²) in [5.41, 5.74) is 0.0115. The Morgan fingerprint density at radius 1 is 1.45 bits per heavy atom. The van der Waals surface area contributed by atoms with Crippen molar-refractivity contribution in [1.29, 1.82) is 0 Å². The minimum Gasteiger partial charge on any atom is -0.496 e. The van der Waals surface area contributed by atoms with Gasteiger partial charge in [-0.3, -0.25) is 4.79 Å². The highest BCUT2D eigenvalue weighted by Gasteiger charge is 2.36. The summed E-state index contributed by atoms with van der Waals surface area (Å²) in [4.78, 5) is 13.0. The van der Waals surface area contributed by atoms with Crippen molar-refractivity contribution in [3.8, 4) is 11.5 Å². The number of carbonyl (C=O) groups is 1. The van der Waals surface area contributed by atoms with E-state index in [4.69, 9.17) is 9.47 Å². The Labute approximate surface area is 121 Å². The largest absolute Gasteiger partial charge is 0.496 e. The van der Waals surface area contributed by atoms with E-state index in [2.05, 4.69) is 15.9 Å². The maximum Gasteiger partial charge on any atom is 0.406 e. The van der Waals surface area contributed by atoms with Crippen LogP contribution in [-0.2, 0) is 0 Å². The quantitative estimate of drug-likeness (QED) is 0.820. The number of benzene rings is 1. The van der Waals surface area contributed by atoms with Gasteiger partial charge >= 0.3 is 6.18 Å². The van der Waals surface area contributed by atoms with Gasteiger partial charge in [0, 0.05) is 4.47 Å². The lowest BCUT2D eigenvalue weighted by Crippen LogP contribution is -2.40. The van der Waals surface area contributed by atoms with Crippen LogP contribution in [0, 0.1) is 0 Å². The van der Waals surface area contributed by atoms with Gasteiger partial charge in [-0.2, -0.15) is 13.2 Å². The van der Waals surface area contributed by atoms with E-state index in [9.17, 15) is 18.0 Å². The number of methoxy groups -OCH3 is 1. The third-order valence-electron chi connectivity index (χ3n) is 2.74. The SMILES string of the molecule is COc1cc(Br)cc2c1C(=O)N(CC(F)(F)F)CCO2. The molecule has 0 bridgehead atoms. The van der Waals surface area contributed by atoms with Gasteiger partial charge in [0.05, 0.1) is 13.7 Å². The van der Waals surface area contributed by atoms with E-state index in [1.165, 1.54) is 19.2 Å². The van der Waals surface area contributed by atoms with Crippen molar-refractivity contribution in [2.24, 2.45) is 0 Å². The fourth-order valence-corrected chi connectivity index (χ4v) is 2.35. The molecule has 0 aromatic heterocycles. The van der Waals surface area contributed by atoms with Crippen molar-refractivity contribution in [1.82, 2.24) is 4.90 Å². The van der Waals surface area contributed by atoms with E-state index in [0.29, 0.717) is 9.37 Å². The standard InChI is InChI=1S/C12H11BrF3NO3/c1-19-8-4-7(13)5-9-10(8)11(18)17(2-3-20-9)6-12(14,15)16/h4-5H,2-3,6H2,1H3. The van der Waals surface area contributed by atoms with Crippen LogP contribution >= 0.6 is 15.9 Å². The van der Waals surface area contributed by atoms with Crippen molar-refractivity contribution in [2.75, 3.05) is 26.8 Å². The maximum absolute atomic E-state index is 12.5. The molecule has 0 spiro atoms. The monoisotopic (exact) mass is 353 g/mol. The molecule has 8 heteroatoms. The van der Waals surface area contributed by atoms with Crippen LogP contribution in [0.5, 0.6) is 11.5 Å².